The zero-order chi connectivity index (χ0) is 58.9. The molecule has 432 valence electrons. The summed E-state index contributed by atoms with van der Waals surface area (Å²) in [6.07, 6.45) is 1.49. The first-order valence-electron chi connectivity index (χ1n) is 25.8. The first kappa shape index (κ1) is 60.0. The average Bonchev–Trinajstić information content (AvgIpc) is 4.32. The molecule has 4 atom stereocenters. The number of amides is 6. The number of hydrogen-bond acceptors (Lipinski definition) is 23. The van der Waals surface area contributed by atoms with Crippen molar-refractivity contribution in [2.24, 2.45) is 5.92 Å². The maximum atomic E-state index is 14.3. The number of carbonyl (C=O) groups is 7. The number of anilines is 1. The smallest absolute Gasteiger partial charge is 0.305 e. The number of aliphatic hydroxyl groups is 1. The van der Waals surface area contributed by atoms with Crippen molar-refractivity contribution in [2.75, 3.05) is 33.1 Å². The van der Waals surface area contributed by atoms with Gasteiger partial charge in [-0.1, -0.05) is 44.2 Å². The molecule has 0 unspecified atom stereocenters. The predicted molar refractivity (Wildman–Crippen MR) is 316 cm³/mol. The zero-order valence-electron chi connectivity index (χ0n) is 45.4. The Labute approximate surface area is 499 Å². The van der Waals surface area contributed by atoms with Crippen LogP contribution in [-0.4, -0.2) is 109 Å². The van der Waals surface area contributed by atoms with Gasteiger partial charge in [-0.05, 0) is 43.4 Å². The van der Waals surface area contributed by atoms with Crippen LogP contribution in [-0.2, 0) is 35.3 Å². The monoisotopic (exact) mass is 1240 g/mol. The number of rotatable bonds is 14. The highest BCUT2D eigenvalue weighted by Crippen LogP contribution is 2.41. The van der Waals surface area contributed by atoms with Gasteiger partial charge in [0.25, 0.3) is 17.7 Å². The van der Waals surface area contributed by atoms with Gasteiger partial charge in [-0.3, -0.25) is 33.6 Å². The number of esters is 1. The number of methoxy groups -OCH3 is 2. The molecule has 1 aliphatic rings. The molecule has 0 fully saturated rings. The van der Waals surface area contributed by atoms with E-state index < -0.39 is 60.3 Å². The van der Waals surface area contributed by atoms with Crippen LogP contribution >= 0.6 is 68.0 Å². The van der Waals surface area contributed by atoms with Gasteiger partial charge >= 0.3 is 5.97 Å². The number of nitrogens with zero attached hydrogens (tertiary/aromatic N) is 7. The first-order chi connectivity index (χ1) is 40.0. The quantitative estimate of drug-likeness (QED) is 0.0401. The molecule has 0 radical (unpaired) electrons. The predicted octanol–water partition coefficient (Wildman–Crippen LogP) is 7.98. The lowest BCUT2D eigenvalue weighted by molar-refractivity contribution is -0.140. The van der Waals surface area contributed by atoms with Crippen molar-refractivity contribution in [2.45, 2.75) is 83.7 Å². The summed E-state index contributed by atoms with van der Waals surface area (Å²) in [5.74, 6) is -3.41. The number of benzene rings is 1. The number of aryl methyl sites for hydroxylation is 1. The number of ether oxygens (including phenoxy) is 2. The Morgan fingerprint density at radius 2 is 1.47 bits per heavy atom. The molecule has 0 saturated heterocycles. The molecular formula is C54H55N13O10S6. The van der Waals surface area contributed by atoms with E-state index in [1.807, 2.05) is 13.8 Å². The summed E-state index contributed by atoms with van der Waals surface area (Å²) in [5, 5.41) is 36.3. The number of aromatic nitrogens is 7. The van der Waals surface area contributed by atoms with Gasteiger partial charge in [0, 0.05) is 59.8 Å². The number of thiazole rings is 6. The van der Waals surface area contributed by atoms with Crippen molar-refractivity contribution in [1.29, 1.82) is 0 Å². The Morgan fingerprint density at radius 3 is 2.23 bits per heavy atom. The van der Waals surface area contributed by atoms with Gasteiger partial charge in [-0.25, -0.2) is 34.9 Å². The highest BCUT2D eigenvalue weighted by Gasteiger charge is 2.33. The van der Waals surface area contributed by atoms with Gasteiger partial charge < -0.3 is 46.5 Å². The topological polar surface area (TPSA) is 321 Å². The van der Waals surface area contributed by atoms with Crippen molar-refractivity contribution >= 4 is 115 Å². The number of nitrogens with one attached hydrogen (secondary N) is 6. The second-order valence-corrected chi connectivity index (χ2v) is 25.0. The summed E-state index contributed by atoms with van der Waals surface area (Å²) < 4.78 is 10.1. The molecular weight excluding hydrogens is 1180 g/mol. The fourth-order valence-corrected chi connectivity index (χ4v) is 14.1. The summed E-state index contributed by atoms with van der Waals surface area (Å²) in [4.78, 5) is 129. The summed E-state index contributed by atoms with van der Waals surface area (Å²) in [6, 6.07) is 9.54. The normalized spacial score (nSPS) is 16.3. The standard InChI is InChI=1S/C54H55N13O10S6/c1-25(2)40-54-67-43(34(83-54)21-76-5)47(74)56-20-38(70)64-44(45(72)27-12-8-7-9-13-27)53-61-32(23-79-53)50-57-19-33(82-50)42-28(16-17-29(58-42)51-63-35(24-80-51)62-36(68)14-10-11-15-39(71)77-6)49-60-31(22-78-49)46(73)59-30(18-37(69)55-4)52-66-41(26(3)81-52)48(75)65-40/h7-9,12-13,16-17,19,22-25,30,40,44-45,72H,10-11,14-15,18,20-21H2,1-6H3,(H,55,69)(H,56,74)(H,59,73)(H,62,68)(H,64,70)(H,65,75)/t30-,40-,44-,45-/m0/s1. The minimum atomic E-state index is -1.28. The van der Waals surface area contributed by atoms with Crippen molar-refractivity contribution in [3.63, 3.8) is 0 Å². The van der Waals surface area contributed by atoms with Crippen LogP contribution < -0.4 is 31.9 Å². The molecule has 83 heavy (non-hydrogen) atoms. The second kappa shape index (κ2) is 27.2. The maximum Gasteiger partial charge on any atom is 0.305 e. The zero-order valence-corrected chi connectivity index (χ0v) is 50.3. The highest BCUT2D eigenvalue weighted by molar-refractivity contribution is 7.19. The van der Waals surface area contributed by atoms with E-state index in [2.05, 4.69) is 41.9 Å². The van der Waals surface area contributed by atoms with E-state index in [1.165, 1.54) is 78.0 Å². The first-order valence-corrected chi connectivity index (χ1v) is 30.9. The number of pyridine rings is 1. The average molecular weight is 1240 g/mol. The van der Waals surface area contributed by atoms with Gasteiger partial charge in [0.1, 0.15) is 70.8 Å². The van der Waals surface area contributed by atoms with Crippen LogP contribution in [0, 0.1) is 12.8 Å². The van der Waals surface area contributed by atoms with Crippen LogP contribution in [0.15, 0.2) is 64.8 Å². The fourth-order valence-electron chi connectivity index (χ4n) is 8.50. The summed E-state index contributed by atoms with van der Waals surface area (Å²) in [6.45, 7) is 4.96. The molecule has 0 spiro atoms. The molecule has 7 aromatic heterocycles. The molecule has 0 saturated carbocycles. The number of aliphatic hydroxyl groups excluding tert-OH is 1. The van der Waals surface area contributed by atoms with E-state index in [4.69, 9.17) is 34.4 Å². The maximum absolute atomic E-state index is 14.3. The lowest BCUT2D eigenvalue weighted by atomic mass is 10.0. The molecule has 0 aliphatic carbocycles. The third kappa shape index (κ3) is 14.4. The van der Waals surface area contributed by atoms with Crippen molar-refractivity contribution < 1.29 is 48.1 Å². The Bertz CT molecular complexity index is 3680. The van der Waals surface area contributed by atoms with Gasteiger partial charge in [-0.2, -0.15) is 0 Å². The lowest BCUT2D eigenvalue weighted by Crippen LogP contribution is -2.40. The van der Waals surface area contributed by atoms with Crippen LogP contribution in [0.2, 0.25) is 0 Å². The molecule has 23 nitrogen and oxygen atoms in total. The Balaban J connectivity index is 1.10. The van der Waals surface area contributed by atoms with E-state index in [1.54, 1.807) is 71.7 Å². The van der Waals surface area contributed by atoms with Crippen LogP contribution in [0.25, 0.3) is 42.5 Å². The van der Waals surface area contributed by atoms with Crippen LogP contribution in [0.1, 0.15) is 132 Å². The molecule has 8 aromatic rings. The molecule has 1 aromatic carbocycles. The molecule has 8 heterocycles. The summed E-state index contributed by atoms with van der Waals surface area (Å²) in [5.41, 5.74) is 2.44. The summed E-state index contributed by atoms with van der Waals surface area (Å²) >= 11 is 7.21. The third-order valence-electron chi connectivity index (χ3n) is 12.8. The second-order valence-electron chi connectivity index (χ2n) is 19.0. The van der Waals surface area contributed by atoms with Crippen molar-refractivity contribution in [3.8, 4) is 42.5 Å². The van der Waals surface area contributed by atoms with Gasteiger partial charge in [-0.15, -0.1) is 68.0 Å². The lowest BCUT2D eigenvalue weighted by Gasteiger charge is -2.23. The number of fused-ring (bicyclic) bond motifs is 14. The SMILES string of the molecule is CNC(=O)C[C@@H]1NC(=O)c2csc(n2)-c2ccc(-c3nc(NC(=O)CCCCC(=O)OC)cs3)nc2-c2cnc(s2)-c2csc(n2)[C@H]([C@@H](O)c2ccccc2)NC(=O)CNC(=O)c2nc(sc2COC)[C@H](C(C)C)NC(=O)c2nc1sc2C. The minimum Gasteiger partial charge on any atom is -0.469 e. The van der Waals surface area contributed by atoms with Gasteiger partial charge in [0.2, 0.25) is 17.7 Å². The van der Waals surface area contributed by atoms with Crippen LogP contribution in [0.3, 0.4) is 0 Å². The number of carbonyl (C=O) groups excluding carboxylic acids is 7. The molecule has 29 heteroatoms. The Hall–Kier alpha value is -7.64. The van der Waals surface area contributed by atoms with Crippen LogP contribution in [0.5, 0.6) is 0 Å². The minimum absolute atomic E-state index is 0.00165. The third-order valence-corrected chi connectivity index (χ3v) is 18.7. The molecule has 7 N–H and O–H groups in total. The van der Waals surface area contributed by atoms with E-state index in [9.17, 15) is 38.7 Å². The molecule has 9 rings (SSSR count). The Kier molecular flexibility index (Phi) is 19.6. The van der Waals surface area contributed by atoms with Gasteiger partial charge in [0.05, 0.1) is 59.9 Å². The number of unbranched alkanes of at least 4 members (excludes halogenated alkanes) is 1. The highest BCUT2D eigenvalue weighted by atomic mass is 32.1. The van der Waals surface area contributed by atoms with Crippen molar-refractivity contribution in [3.05, 3.63) is 112 Å². The largest absolute Gasteiger partial charge is 0.469 e. The molecule has 1 aliphatic heterocycles. The van der Waals surface area contributed by atoms with Crippen molar-refractivity contribution in [1.82, 2.24) is 61.5 Å². The number of hydrogen-bond donors (Lipinski definition) is 7. The summed E-state index contributed by atoms with van der Waals surface area (Å²) in [7, 11) is 4.26. The van der Waals surface area contributed by atoms with E-state index >= 15 is 0 Å². The van der Waals surface area contributed by atoms with E-state index in [0.717, 1.165) is 11.3 Å². The Morgan fingerprint density at radius 1 is 0.711 bits per heavy atom. The van der Waals surface area contributed by atoms with E-state index in [0.29, 0.717) is 91.5 Å². The van der Waals surface area contributed by atoms with Crippen LogP contribution in [0.4, 0.5) is 5.82 Å². The molecule has 6 amide bonds. The molecule has 10 bridgehead atoms. The van der Waals surface area contributed by atoms with Gasteiger partial charge in [0.15, 0.2) is 0 Å². The van der Waals surface area contributed by atoms with E-state index in [-0.39, 0.29) is 60.7 Å². The fraction of sp³-hybridized carbons (Fsp3) is 0.333.